The average molecular weight is 290 g/mol. The summed E-state index contributed by atoms with van der Waals surface area (Å²) < 4.78 is 14.7. The lowest BCUT2D eigenvalue weighted by atomic mass is 10.1. The van der Waals surface area contributed by atoms with Crippen molar-refractivity contribution in [3.63, 3.8) is 0 Å². The van der Waals surface area contributed by atoms with Gasteiger partial charge in [-0.15, -0.1) is 0 Å². The van der Waals surface area contributed by atoms with Crippen LogP contribution in [0.25, 0.3) is 0 Å². The number of halogens is 1. The molecule has 4 nitrogen and oxygen atoms in total. The molecule has 2 aromatic rings. The van der Waals surface area contributed by atoms with Crippen molar-refractivity contribution >= 4 is 0 Å². The van der Waals surface area contributed by atoms with E-state index in [0.717, 1.165) is 11.3 Å². The summed E-state index contributed by atoms with van der Waals surface area (Å²) >= 11 is 0. The lowest BCUT2D eigenvalue weighted by Gasteiger charge is -2.17. The van der Waals surface area contributed by atoms with Crippen molar-refractivity contribution in [1.29, 1.82) is 0 Å². The molecule has 0 spiro atoms. The molecule has 0 aliphatic rings. The van der Waals surface area contributed by atoms with Crippen LogP contribution in [0.2, 0.25) is 0 Å². The fraction of sp³-hybridized carbons (Fsp3) is 0.312. The second-order valence-electron chi connectivity index (χ2n) is 5.32. The smallest absolute Gasteiger partial charge is 0.223 e. The van der Waals surface area contributed by atoms with E-state index in [2.05, 4.69) is 0 Å². The Morgan fingerprint density at radius 3 is 2.52 bits per heavy atom. The minimum absolute atomic E-state index is 0.253. The van der Waals surface area contributed by atoms with Crippen molar-refractivity contribution < 1.29 is 9.50 Å². The number of benzene rings is 1. The fourth-order valence-electron chi connectivity index (χ4n) is 2.17. The van der Waals surface area contributed by atoms with Crippen LogP contribution in [0.5, 0.6) is 5.75 Å². The van der Waals surface area contributed by atoms with E-state index in [0.29, 0.717) is 19.5 Å². The Labute approximate surface area is 123 Å². The Kier molecular flexibility index (Phi) is 4.75. The Balaban J connectivity index is 2.19. The van der Waals surface area contributed by atoms with E-state index in [9.17, 15) is 14.3 Å². The first-order valence-electron chi connectivity index (χ1n) is 6.77. The quantitative estimate of drug-likeness (QED) is 0.916. The molecule has 0 fully saturated rings. The van der Waals surface area contributed by atoms with Crippen LogP contribution in [-0.4, -0.2) is 28.7 Å². The van der Waals surface area contributed by atoms with Crippen LogP contribution in [0, 0.1) is 5.82 Å². The molecule has 0 radical (unpaired) electrons. The van der Waals surface area contributed by atoms with Crippen molar-refractivity contribution in [2.24, 2.45) is 0 Å². The molecular formula is C16H19FN2O2. The molecule has 0 amide bonds. The zero-order valence-electron chi connectivity index (χ0n) is 12.2. The van der Waals surface area contributed by atoms with Crippen molar-refractivity contribution in [2.75, 3.05) is 14.1 Å². The van der Waals surface area contributed by atoms with E-state index in [4.69, 9.17) is 0 Å². The van der Waals surface area contributed by atoms with Gasteiger partial charge in [-0.05, 0) is 38.2 Å². The van der Waals surface area contributed by atoms with Gasteiger partial charge in [-0.25, -0.2) is 4.39 Å². The van der Waals surface area contributed by atoms with Gasteiger partial charge >= 0.3 is 0 Å². The summed E-state index contributed by atoms with van der Waals surface area (Å²) in [5, 5.41) is 9.60. The first kappa shape index (κ1) is 15.3. The molecule has 1 N–H and O–H groups in total. The highest BCUT2D eigenvalue weighted by molar-refractivity contribution is 5.21. The maximum absolute atomic E-state index is 12.9. The Morgan fingerprint density at radius 2 is 1.90 bits per heavy atom. The molecule has 2 rings (SSSR count). The van der Waals surface area contributed by atoms with E-state index < -0.39 is 0 Å². The van der Waals surface area contributed by atoms with Crippen molar-refractivity contribution in [2.45, 2.75) is 19.5 Å². The molecule has 0 atom stereocenters. The van der Waals surface area contributed by atoms with Gasteiger partial charge in [0.05, 0.1) is 6.20 Å². The van der Waals surface area contributed by atoms with Gasteiger partial charge in [-0.3, -0.25) is 4.79 Å². The third-order valence-electron chi connectivity index (χ3n) is 3.23. The van der Waals surface area contributed by atoms with Gasteiger partial charge in [-0.2, -0.15) is 0 Å². The summed E-state index contributed by atoms with van der Waals surface area (Å²) in [5.41, 5.74) is 1.47. The molecule has 5 heteroatoms. The number of rotatable bonds is 5. The summed E-state index contributed by atoms with van der Waals surface area (Å²) in [7, 11) is 3.84. The molecule has 112 valence electrons. The van der Waals surface area contributed by atoms with Crippen LogP contribution in [0.1, 0.15) is 11.3 Å². The molecule has 0 saturated heterocycles. The first-order valence-corrected chi connectivity index (χ1v) is 6.77. The number of aryl methyl sites for hydroxylation is 2. The van der Waals surface area contributed by atoms with E-state index in [1.165, 1.54) is 24.4 Å². The van der Waals surface area contributed by atoms with Crippen molar-refractivity contribution in [3.05, 3.63) is 63.8 Å². The van der Waals surface area contributed by atoms with E-state index >= 15 is 0 Å². The summed E-state index contributed by atoms with van der Waals surface area (Å²) in [6, 6.07) is 7.80. The molecule has 0 aliphatic carbocycles. The third-order valence-corrected chi connectivity index (χ3v) is 3.23. The van der Waals surface area contributed by atoms with Gasteiger partial charge in [0.1, 0.15) is 5.82 Å². The van der Waals surface area contributed by atoms with Crippen LogP contribution in [0.4, 0.5) is 4.39 Å². The third kappa shape index (κ3) is 4.16. The lowest BCUT2D eigenvalue weighted by Crippen LogP contribution is -2.20. The molecule has 0 unspecified atom stereocenters. The summed E-state index contributed by atoms with van der Waals surface area (Å²) in [6.07, 6.45) is 2.16. The minimum atomic E-state index is -0.370. The fourth-order valence-corrected chi connectivity index (χ4v) is 2.17. The monoisotopic (exact) mass is 290 g/mol. The molecular weight excluding hydrogens is 271 g/mol. The number of hydrogen-bond acceptors (Lipinski definition) is 3. The maximum Gasteiger partial charge on any atom is 0.223 e. The second kappa shape index (κ2) is 6.54. The summed E-state index contributed by atoms with van der Waals surface area (Å²) in [5.74, 6) is -0.510. The van der Waals surface area contributed by atoms with Crippen molar-refractivity contribution in [1.82, 2.24) is 9.47 Å². The predicted molar refractivity (Wildman–Crippen MR) is 79.9 cm³/mol. The lowest BCUT2D eigenvalue weighted by molar-refractivity contribution is 0.381. The van der Waals surface area contributed by atoms with E-state index in [-0.39, 0.29) is 17.0 Å². The van der Waals surface area contributed by atoms with Crippen LogP contribution in [0.3, 0.4) is 0 Å². The Morgan fingerprint density at radius 1 is 1.24 bits per heavy atom. The standard InChI is InChI=1S/C16H19FN2O2/c1-18(2)10-14-9-15(20)16(21)11-19(14)8-7-12-3-5-13(17)6-4-12/h3-6,9,11,21H,7-8,10H2,1-2H3. The van der Waals surface area contributed by atoms with Gasteiger partial charge in [0.25, 0.3) is 0 Å². The number of aromatic hydroxyl groups is 1. The normalized spacial score (nSPS) is 11.0. The van der Waals surface area contributed by atoms with Gasteiger partial charge in [0, 0.05) is 24.8 Å². The topological polar surface area (TPSA) is 45.5 Å². The number of nitrogens with zero attached hydrogens (tertiary/aromatic N) is 2. The van der Waals surface area contributed by atoms with E-state index in [1.54, 1.807) is 12.1 Å². The minimum Gasteiger partial charge on any atom is -0.503 e. The maximum atomic E-state index is 12.9. The van der Waals surface area contributed by atoms with Crippen LogP contribution >= 0.6 is 0 Å². The molecule has 0 bridgehead atoms. The zero-order valence-corrected chi connectivity index (χ0v) is 12.2. The summed E-state index contributed by atoms with van der Waals surface area (Å²) in [4.78, 5) is 13.5. The highest BCUT2D eigenvalue weighted by Gasteiger charge is 2.07. The molecule has 1 heterocycles. The first-order chi connectivity index (χ1) is 9.95. The Bertz CT molecular complexity index is 663. The van der Waals surface area contributed by atoms with Crippen LogP contribution < -0.4 is 5.43 Å². The number of pyridine rings is 1. The van der Waals surface area contributed by atoms with Gasteiger partial charge in [0.15, 0.2) is 5.75 Å². The molecule has 21 heavy (non-hydrogen) atoms. The van der Waals surface area contributed by atoms with E-state index in [1.807, 2.05) is 23.6 Å². The Hall–Kier alpha value is -2.14. The van der Waals surface area contributed by atoms with Gasteiger partial charge in [-0.1, -0.05) is 12.1 Å². The molecule has 1 aromatic carbocycles. The largest absolute Gasteiger partial charge is 0.503 e. The van der Waals surface area contributed by atoms with Gasteiger partial charge < -0.3 is 14.6 Å². The second-order valence-corrected chi connectivity index (χ2v) is 5.32. The SMILES string of the molecule is CN(C)Cc1cc(=O)c(O)cn1CCc1ccc(F)cc1. The van der Waals surface area contributed by atoms with Gasteiger partial charge in [0.2, 0.25) is 5.43 Å². The average Bonchev–Trinajstić information content (AvgIpc) is 2.42. The molecule has 1 aromatic heterocycles. The van der Waals surface area contributed by atoms with Crippen LogP contribution in [-0.2, 0) is 19.5 Å². The highest BCUT2D eigenvalue weighted by Crippen LogP contribution is 2.10. The number of aromatic nitrogens is 1. The predicted octanol–water partition coefficient (Wildman–Crippen LogP) is 2.00. The molecule has 0 saturated carbocycles. The van der Waals surface area contributed by atoms with Crippen molar-refractivity contribution in [3.8, 4) is 5.75 Å². The number of hydrogen-bond donors (Lipinski definition) is 1. The summed E-state index contributed by atoms with van der Waals surface area (Å²) in [6.45, 7) is 1.22. The highest BCUT2D eigenvalue weighted by atomic mass is 19.1. The van der Waals surface area contributed by atoms with Crippen LogP contribution in [0.15, 0.2) is 41.3 Å². The zero-order chi connectivity index (χ0) is 15.4. The molecule has 0 aliphatic heterocycles.